The Balaban J connectivity index is 2.08. The first-order valence-corrected chi connectivity index (χ1v) is 5.31. The van der Waals surface area contributed by atoms with E-state index in [0.717, 1.165) is 12.8 Å². The summed E-state index contributed by atoms with van der Waals surface area (Å²) in [6.45, 7) is 0. The Morgan fingerprint density at radius 1 is 1.47 bits per heavy atom. The number of carbonyl (C=O) groups is 1. The van der Waals surface area contributed by atoms with Crippen LogP contribution in [0.2, 0.25) is 0 Å². The average molecular weight is 209 g/mol. The van der Waals surface area contributed by atoms with Crippen molar-refractivity contribution < 1.29 is 9.53 Å². The maximum Gasteiger partial charge on any atom is 0.360 e. The lowest BCUT2D eigenvalue weighted by atomic mass is 9.96. The fraction of sp³-hybridized carbons (Fsp3) is 0.700. The van der Waals surface area contributed by atoms with Crippen LogP contribution in [0.5, 0.6) is 0 Å². The molecule has 0 unspecified atom stereocenters. The van der Waals surface area contributed by atoms with Gasteiger partial charge in [-0.2, -0.15) is 0 Å². The van der Waals surface area contributed by atoms with E-state index in [2.05, 4.69) is 15.0 Å². The van der Waals surface area contributed by atoms with Gasteiger partial charge < -0.3 is 4.74 Å². The van der Waals surface area contributed by atoms with Crippen LogP contribution in [-0.2, 0) is 4.74 Å². The molecule has 2 rings (SSSR count). The summed E-state index contributed by atoms with van der Waals surface area (Å²) in [4.78, 5) is 11.2. The molecule has 1 fully saturated rings. The van der Waals surface area contributed by atoms with Gasteiger partial charge in [-0.05, 0) is 12.8 Å². The Labute approximate surface area is 88.4 Å². The lowest BCUT2D eigenvalue weighted by Crippen LogP contribution is -2.13. The molecule has 15 heavy (non-hydrogen) atoms. The number of nitrogens with zero attached hydrogens (tertiary/aromatic N) is 3. The van der Waals surface area contributed by atoms with Gasteiger partial charge in [-0.1, -0.05) is 24.5 Å². The first-order chi connectivity index (χ1) is 7.31. The molecule has 1 aliphatic rings. The van der Waals surface area contributed by atoms with Gasteiger partial charge in [0.15, 0.2) is 5.69 Å². The van der Waals surface area contributed by atoms with E-state index in [-0.39, 0.29) is 0 Å². The fourth-order valence-corrected chi connectivity index (χ4v) is 2.00. The number of aromatic nitrogens is 3. The van der Waals surface area contributed by atoms with Crippen molar-refractivity contribution in [3.63, 3.8) is 0 Å². The highest BCUT2D eigenvalue weighted by atomic mass is 16.5. The molecule has 0 atom stereocenters. The molecule has 82 valence electrons. The first-order valence-electron chi connectivity index (χ1n) is 5.31. The Morgan fingerprint density at radius 2 is 2.20 bits per heavy atom. The van der Waals surface area contributed by atoms with Crippen LogP contribution in [0.3, 0.4) is 0 Å². The summed E-state index contributed by atoms with van der Waals surface area (Å²) in [6.07, 6.45) is 7.71. The molecule has 5 heteroatoms. The van der Waals surface area contributed by atoms with E-state index < -0.39 is 5.97 Å². The molecule has 1 aromatic rings. The maximum atomic E-state index is 11.2. The Kier molecular flexibility index (Phi) is 2.99. The molecule has 0 amide bonds. The lowest BCUT2D eigenvalue weighted by molar-refractivity contribution is 0.0594. The largest absolute Gasteiger partial charge is 0.464 e. The molecule has 1 aliphatic carbocycles. The number of ether oxygens (including phenoxy) is 1. The van der Waals surface area contributed by atoms with Crippen molar-refractivity contribution in [3.8, 4) is 0 Å². The van der Waals surface area contributed by atoms with Crippen molar-refractivity contribution in [1.82, 2.24) is 15.0 Å². The van der Waals surface area contributed by atoms with Crippen molar-refractivity contribution in [1.29, 1.82) is 0 Å². The summed E-state index contributed by atoms with van der Waals surface area (Å²) < 4.78 is 6.38. The molecule has 1 saturated carbocycles. The van der Waals surface area contributed by atoms with Gasteiger partial charge in [0.25, 0.3) is 0 Å². The third kappa shape index (κ3) is 2.16. The van der Waals surface area contributed by atoms with Gasteiger partial charge in [-0.25, -0.2) is 9.48 Å². The molecular weight excluding hydrogens is 194 g/mol. The third-order valence-corrected chi connectivity index (χ3v) is 2.85. The molecule has 0 saturated heterocycles. The highest BCUT2D eigenvalue weighted by Gasteiger charge is 2.18. The molecule has 5 nitrogen and oxygen atoms in total. The summed E-state index contributed by atoms with van der Waals surface area (Å²) in [5.41, 5.74) is 0.295. The van der Waals surface area contributed by atoms with E-state index in [4.69, 9.17) is 0 Å². The quantitative estimate of drug-likeness (QED) is 0.694. The predicted octanol–water partition coefficient (Wildman–Crippen LogP) is 1.57. The van der Waals surface area contributed by atoms with E-state index in [0.29, 0.717) is 11.7 Å². The number of esters is 1. The highest BCUT2D eigenvalue weighted by Crippen LogP contribution is 2.27. The molecule has 0 aromatic carbocycles. The highest BCUT2D eigenvalue weighted by molar-refractivity contribution is 5.86. The number of hydrogen-bond acceptors (Lipinski definition) is 4. The van der Waals surface area contributed by atoms with Gasteiger partial charge in [0, 0.05) is 0 Å². The number of methoxy groups -OCH3 is 1. The van der Waals surface area contributed by atoms with Gasteiger partial charge in [-0.3, -0.25) is 0 Å². The summed E-state index contributed by atoms with van der Waals surface area (Å²) in [6, 6.07) is 0.407. The maximum absolute atomic E-state index is 11.2. The summed E-state index contributed by atoms with van der Waals surface area (Å²) in [5.74, 6) is -0.419. The SMILES string of the molecule is COC(=O)c1cn(C2CCCCC2)nn1. The Bertz CT molecular complexity index is 342. The van der Waals surface area contributed by atoms with Crippen LogP contribution in [0.4, 0.5) is 0 Å². The lowest BCUT2D eigenvalue weighted by Gasteiger charge is -2.20. The monoisotopic (exact) mass is 209 g/mol. The second-order valence-electron chi connectivity index (χ2n) is 3.87. The molecule has 1 heterocycles. The van der Waals surface area contributed by atoms with Gasteiger partial charge in [-0.15, -0.1) is 5.10 Å². The molecular formula is C10H15N3O2. The molecule has 0 radical (unpaired) electrons. The van der Waals surface area contributed by atoms with Crippen molar-refractivity contribution in [2.24, 2.45) is 0 Å². The average Bonchev–Trinajstić information content (AvgIpc) is 2.78. The van der Waals surface area contributed by atoms with Crippen molar-refractivity contribution >= 4 is 5.97 Å². The summed E-state index contributed by atoms with van der Waals surface area (Å²) in [5, 5.41) is 7.78. The van der Waals surface area contributed by atoms with E-state index in [1.54, 1.807) is 10.9 Å². The van der Waals surface area contributed by atoms with Gasteiger partial charge in [0.1, 0.15) is 0 Å². The second-order valence-corrected chi connectivity index (χ2v) is 3.87. The van der Waals surface area contributed by atoms with Crippen LogP contribution in [0.15, 0.2) is 6.20 Å². The number of rotatable bonds is 2. The second kappa shape index (κ2) is 4.42. The van der Waals surface area contributed by atoms with E-state index in [1.807, 2.05) is 0 Å². The molecule has 0 bridgehead atoms. The zero-order chi connectivity index (χ0) is 10.7. The van der Waals surface area contributed by atoms with Crippen molar-refractivity contribution in [2.75, 3.05) is 7.11 Å². The van der Waals surface area contributed by atoms with Crippen LogP contribution in [0, 0.1) is 0 Å². The summed E-state index contributed by atoms with van der Waals surface area (Å²) >= 11 is 0. The van der Waals surface area contributed by atoms with E-state index in [9.17, 15) is 4.79 Å². The minimum Gasteiger partial charge on any atom is -0.464 e. The fourth-order valence-electron chi connectivity index (χ4n) is 2.00. The number of hydrogen-bond donors (Lipinski definition) is 0. The number of carbonyl (C=O) groups excluding carboxylic acids is 1. The normalized spacial score (nSPS) is 17.7. The zero-order valence-corrected chi connectivity index (χ0v) is 8.85. The molecule has 0 N–H and O–H groups in total. The van der Waals surface area contributed by atoms with Gasteiger partial charge in [0.05, 0.1) is 19.3 Å². The third-order valence-electron chi connectivity index (χ3n) is 2.85. The molecule has 0 aliphatic heterocycles. The Hall–Kier alpha value is -1.39. The van der Waals surface area contributed by atoms with Gasteiger partial charge >= 0.3 is 5.97 Å². The zero-order valence-electron chi connectivity index (χ0n) is 8.85. The summed E-state index contributed by atoms with van der Waals surface area (Å²) in [7, 11) is 1.35. The predicted molar refractivity (Wildman–Crippen MR) is 53.5 cm³/mol. The van der Waals surface area contributed by atoms with Crippen LogP contribution in [0.25, 0.3) is 0 Å². The standard InChI is InChI=1S/C10H15N3O2/c1-15-10(14)9-7-13(12-11-9)8-5-3-2-4-6-8/h7-8H,2-6H2,1H3. The topological polar surface area (TPSA) is 57.0 Å². The van der Waals surface area contributed by atoms with Crippen molar-refractivity contribution in [3.05, 3.63) is 11.9 Å². The molecule has 0 spiro atoms. The van der Waals surface area contributed by atoms with Crippen LogP contribution < -0.4 is 0 Å². The minimum atomic E-state index is -0.419. The van der Waals surface area contributed by atoms with Gasteiger partial charge in [0.2, 0.25) is 0 Å². The van der Waals surface area contributed by atoms with Crippen molar-refractivity contribution in [2.45, 2.75) is 38.1 Å². The van der Waals surface area contributed by atoms with Crippen LogP contribution in [-0.4, -0.2) is 28.1 Å². The molecule has 1 aromatic heterocycles. The van der Waals surface area contributed by atoms with E-state index in [1.165, 1.54) is 26.4 Å². The smallest absolute Gasteiger partial charge is 0.360 e. The first kappa shape index (κ1) is 10.1. The van der Waals surface area contributed by atoms with E-state index >= 15 is 0 Å². The Morgan fingerprint density at radius 3 is 2.87 bits per heavy atom. The van der Waals surface area contributed by atoms with Crippen LogP contribution in [0.1, 0.15) is 48.6 Å². The minimum absolute atomic E-state index is 0.295. The van der Waals surface area contributed by atoms with Crippen LogP contribution >= 0.6 is 0 Å².